The third kappa shape index (κ3) is 3.23. The standard InChI is InChI=1S/C17H10BrN5/c18-13-3-1-12(2-4-13)17-22-15-6-5-14(7-16(15)23-17)21-10-11(8-19)9-20/h1-7,10,21H,(H,22,23). The van der Waals surface area contributed by atoms with Gasteiger partial charge in [0, 0.05) is 21.9 Å². The second-order valence-electron chi connectivity index (χ2n) is 4.75. The van der Waals surface area contributed by atoms with Crippen LogP contribution in [0.1, 0.15) is 0 Å². The quantitative estimate of drug-likeness (QED) is 0.677. The van der Waals surface area contributed by atoms with Gasteiger partial charge in [-0.2, -0.15) is 10.5 Å². The van der Waals surface area contributed by atoms with Gasteiger partial charge in [-0.05, 0) is 30.3 Å². The van der Waals surface area contributed by atoms with Gasteiger partial charge in [-0.1, -0.05) is 28.1 Å². The minimum absolute atomic E-state index is 0.0188. The first-order chi connectivity index (χ1) is 11.2. The maximum Gasteiger partial charge on any atom is 0.145 e. The number of allylic oxidation sites excluding steroid dienone is 1. The van der Waals surface area contributed by atoms with Crippen molar-refractivity contribution in [3.8, 4) is 23.5 Å². The third-order valence-corrected chi connectivity index (χ3v) is 3.75. The van der Waals surface area contributed by atoms with Crippen molar-refractivity contribution in [2.45, 2.75) is 0 Å². The number of hydrogen-bond donors (Lipinski definition) is 2. The Morgan fingerprint density at radius 3 is 2.57 bits per heavy atom. The highest BCUT2D eigenvalue weighted by molar-refractivity contribution is 9.10. The van der Waals surface area contributed by atoms with Gasteiger partial charge < -0.3 is 10.3 Å². The number of anilines is 1. The Kier molecular flexibility index (Phi) is 4.09. The Hall–Kier alpha value is -3.09. The van der Waals surface area contributed by atoms with Crippen LogP contribution in [0.2, 0.25) is 0 Å². The zero-order valence-electron chi connectivity index (χ0n) is 11.8. The van der Waals surface area contributed by atoms with Gasteiger partial charge in [-0.3, -0.25) is 0 Å². The van der Waals surface area contributed by atoms with E-state index < -0.39 is 0 Å². The number of imidazole rings is 1. The molecule has 0 unspecified atom stereocenters. The van der Waals surface area contributed by atoms with Gasteiger partial charge in [-0.15, -0.1) is 0 Å². The molecule has 0 saturated carbocycles. The van der Waals surface area contributed by atoms with Gasteiger partial charge in [0.2, 0.25) is 0 Å². The fraction of sp³-hybridized carbons (Fsp3) is 0. The number of aromatic amines is 1. The first kappa shape index (κ1) is 14.8. The van der Waals surface area contributed by atoms with E-state index in [4.69, 9.17) is 10.5 Å². The maximum atomic E-state index is 8.72. The molecule has 23 heavy (non-hydrogen) atoms. The van der Waals surface area contributed by atoms with E-state index in [1.165, 1.54) is 6.20 Å². The van der Waals surface area contributed by atoms with Crippen LogP contribution in [0.15, 0.2) is 58.7 Å². The predicted molar refractivity (Wildman–Crippen MR) is 92.2 cm³/mol. The molecule has 0 aliphatic rings. The number of rotatable bonds is 3. The molecule has 2 N–H and O–H groups in total. The molecule has 0 fully saturated rings. The first-order valence-electron chi connectivity index (χ1n) is 6.72. The van der Waals surface area contributed by atoms with Gasteiger partial charge in [0.05, 0.1) is 11.0 Å². The Labute approximate surface area is 141 Å². The SMILES string of the molecule is N#CC(C#N)=CNc1ccc2nc(-c3ccc(Br)cc3)[nH]c2c1. The average Bonchev–Trinajstić information content (AvgIpc) is 2.99. The van der Waals surface area contributed by atoms with Crippen molar-refractivity contribution >= 4 is 32.7 Å². The van der Waals surface area contributed by atoms with E-state index in [2.05, 4.69) is 31.2 Å². The molecule has 0 radical (unpaired) electrons. The van der Waals surface area contributed by atoms with Crippen LogP contribution in [0.4, 0.5) is 5.69 Å². The molecule has 1 heterocycles. The third-order valence-electron chi connectivity index (χ3n) is 3.22. The van der Waals surface area contributed by atoms with Gasteiger partial charge in [0.25, 0.3) is 0 Å². The lowest BCUT2D eigenvalue weighted by Gasteiger charge is -1.99. The number of hydrogen-bond acceptors (Lipinski definition) is 4. The van der Waals surface area contributed by atoms with E-state index >= 15 is 0 Å². The van der Waals surface area contributed by atoms with Crippen LogP contribution in [-0.4, -0.2) is 9.97 Å². The van der Waals surface area contributed by atoms with Crippen molar-refractivity contribution in [2.24, 2.45) is 0 Å². The van der Waals surface area contributed by atoms with Crippen molar-refractivity contribution in [3.63, 3.8) is 0 Å². The lowest BCUT2D eigenvalue weighted by Crippen LogP contribution is -1.89. The summed E-state index contributed by atoms with van der Waals surface area (Å²) in [6.45, 7) is 0. The molecule has 0 spiro atoms. The highest BCUT2D eigenvalue weighted by Gasteiger charge is 2.06. The molecule has 0 bridgehead atoms. The molecule has 6 heteroatoms. The molecule has 0 atom stereocenters. The number of halogens is 1. The number of H-pyrrole nitrogens is 1. The zero-order chi connectivity index (χ0) is 16.2. The molecule has 0 saturated heterocycles. The van der Waals surface area contributed by atoms with Crippen LogP contribution in [0.3, 0.4) is 0 Å². The lowest BCUT2D eigenvalue weighted by atomic mass is 10.2. The normalized spacial score (nSPS) is 9.87. The van der Waals surface area contributed by atoms with Crippen molar-refractivity contribution in [3.05, 3.63) is 58.7 Å². The Bertz CT molecular complexity index is 955. The van der Waals surface area contributed by atoms with Crippen LogP contribution in [0, 0.1) is 22.7 Å². The zero-order valence-corrected chi connectivity index (χ0v) is 13.4. The molecule has 110 valence electrons. The summed E-state index contributed by atoms with van der Waals surface area (Å²) in [5.41, 5.74) is 3.50. The largest absolute Gasteiger partial charge is 0.360 e. The van der Waals surface area contributed by atoms with Crippen molar-refractivity contribution < 1.29 is 0 Å². The Morgan fingerprint density at radius 2 is 1.87 bits per heavy atom. The predicted octanol–water partition coefficient (Wildman–Crippen LogP) is 4.34. The lowest BCUT2D eigenvalue weighted by molar-refractivity contribution is 1.33. The van der Waals surface area contributed by atoms with E-state index in [9.17, 15) is 0 Å². The highest BCUT2D eigenvalue weighted by atomic mass is 79.9. The molecule has 0 aliphatic carbocycles. The highest BCUT2D eigenvalue weighted by Crippen LogP contribution is 2.24. The minimum atomic E-state index is 0.0188. The summed E-state index contributed by atoms with van der Waals surface area (Å²) < 4.78 is 1.02. The number of nitriles is 2. The average molecular weight is 364 g/mol. The van der Waals surface area contributed by atoms with Crippen molar-refractivity contribution in [1.82, 2.24) is 9.97 Å². The van der Waals surface area contributed by atoms with E-state index in [-0.39, 0.29) is 5.57 Å². The summed E-state index contributed by atoms with van der Waals surface area (Å²) in [5.74, 6) is 0.787. The fourth-order valence-electron chi connectivity index (χ4n) is 2.09. The number of nitrogens with one attached hydrogen (secondary N) is 2. The minimum Gasteiger partial charge on any atom is -0.360 e. The summed E-state index contributed by atoms with van der Waals surface area (Å²) >= 11 is 3.41. The second-order valence-corrected chi connectivity index (χ2v) is 5.67. The van der Waals surface area contributed by atoms with E-state index in [1.807, 2.05) is 42.5 Å². The number of nitrogens with zero attached hydrogens (tertiary/aromatic N) is 3. The van der Waals surface area contributed by atoms with Crippen LogP contribution < -0.4 is 5.32 Å². The number of aromatic nitrogens is 2. The molecular formula is C17H10BrN5. The molecule has 5 nitrogen and oxygen atoms in total. The van der Waals surface area contributed by atoms with E-state index in [1.54, 1.807) is 12.1 Å². The van der Waals surface area contributed by atoms with Crippen molar-refractivity contribution in [1.29, 1.82) is 10.5 Å². The van der Waals surface area contributed by atoms with Gasteiger partial charge in [0.1, 0.15) is 23.5 Å². The van der Waals surface area contributed by atoms with Crippen LogP contribution in [0.25, 0.3) is 22.4 Å². The second kappa shape index (κ2) is 6.35. The summed E-state index contributed by atoms with van der Waals surface area (Å²) in [6.07, 6.45) is 1.38. The Balaban J connectivity index is 1.92. The topological polar surface area (TPSA) is 88.3 Å². The molecule has 3 rings (SSSR count). The van der Waals surface area contributed by atoms with Gasteiger partial charge in [-0.25, -0.2) is 4.98 Å². The number of fused-ring (bicyclic) bond motifs is 1. The van der Waals surface area contributed by atoms with Gasteiger partial charge in [0.15, 0.2) is 0 Å². The molecule has 0 aliphatic heterocycles. The van der Waals surface area contributed by atoms with Gasteiger partial charge >= 0.3 is 0 Å². The smallest absolute Gasteiger partial charge is 0.145 e. The molecule has 3 aromatic rings. The summed E-state index contributed by atoms with van der Waals surface area (Å²) in [5, 5.41) is 20.4. The summed E-state index contributed by atoms with van der Waals surface area (Å²) in [4.78, 5) is 7.83. The van der Waals surface area contributed by atoms with Crippen molar-refractivity contribution in [2.75, 3.05) is 5.32 Å². The fourth-order valence-corrected chi connectivity index (χ4v) is 2.35. The monoisotopic (exact) mass is 363 g/mol. The Morgan fingerprint density at radius 1 is 1.13 bits per heavy atom. The summed E-state index contributed by atoms with van der Waals surface area (Å²) in [6, 6.07) is 17.1. The van der Waals surface area contributed by atoms with Crippen LogP contribution >= 0.6 is 15.9 Å². The molecular weight excluding hydrogens is 354 g/mol. The van der Waals surface area contributed by atoms with Crippen LogP contribution in [0.5, 0.6) is 0 Å². The summed E-state index contributed by atoms with van der Waals surface area (Å²) in [7, 11) is 0. The maximum absolute atomic E-state index is 8.72. The first-order valence-corrected chi connectivity index (χ1v) is 7.51. The van der Waals surface area contributed by atoms with Crippen LogP contribution in [-0.2, 0) is 0 Å². The molecule has 0 amide bonds. The molecule has 2 aromatic carbocycles. The number of benzene rings is 2. The van der Waals surface area contributed by atoms with E-state index in [0.717, 1.165) is 32.6 Å². The molecule has 1 aromatic heterocycles. The van der Waals surface area contributed by atoms with E-state index in [0.29, 0.717) is 0 Å².